The highest BCUT2D eigenvalue weighted by atomic mass is 32.2. The number of ether oxygens (including phenoxy) is 3. The van der Waals surface area contributed by atoms with Crippen LogP contribution in [-0.4, -0.2) is 80.2 Å². The predicted octanol–water partition coefficient (Wildman–Crippen LogP) is 3.28. The van der Waals surface area contributed by atoms with E-state index in [9.17, 15) is 13.5 Å². The maximum Gasteiger partial charge on any atom is 0.264 e. The normalized spacial score (nSPS) is 16.7. The summed E-state index contributed by atoms with van der Waals surface area (Å²) < 4.78 is 47.5. The van der Waals surface area contributed by atoms with Gasteiger partial charge in [-0.3, -0.25) is 4.55 Å². The van der Waals surface area contributed by atoms with Crippen LogP contribution in [0.5, 0.6) is 0 Å². The van der Waals surface area contributed by atoms with Crippen molar-refractivity contribution in [1.82, 2.24) is 5.32 Å². The van der Waals surface area contributed by atoms with Crippen LogP contribution in [0.1, 0.15) is 75.2 Å². The van der Waals surface area contributed by atoms with Gasteiger partial charge in [0.15, 0.2) is 0 Å². The minimum atomic E-state index is -3.97. The van der Waals surface area contributed by atoms with Gasteiger partial charge in [-0.15, -0.1) is 0 Å². The number of rotatable bonds is 18. The van der Waals surface area contributed by atoms with Gasteiger partial charge in [0, 0.05) is 25.8 Å². The first kappa shape index (κ1) is 31.7. The first-order chi connectivity index (χ1) is 14.4. The van der Waals surface area contributed by atoms with Crippen LogP contribution in [0, 0.1) is 11.3 Å². The van der Waals surface area contributed by atoms with Gasteiger partial charge in [-0.2, -0.15) is 8.42 Å². The van der Waals surface area contributed by atoms with Crippen molar-refractivity contribution in [2.24, 2.45) is 11.3 Å². The average molecular weight is 484 g/mol. The Morgan fingerprint density at radius 3 is 2.12 bits per heavy atom. The van der Waals surface area contributed by atoms with Crippen molar-refractivity contribution < 1.29 is 32.3 Å². The Balaban J connectivity index is 4.34. The van der Waals surface area contributed by atoms with E-state index >= 15 is 0 Å². The summed E-state index contributed by atoms with van der Waals surface area (Å²) in [5.41, 5.74) is -0.647. The summed E-state index contributed by atoms with van der Waals surface area (Å²) in [4.78, 5) is 0. The largest absolute Gasteiger partial charge is 0.389 e. The Hall–Kier alpha value is -0.290. The number of aliphatic hydroxyl groups excluding tert-OH is 1. The smallest absolute Gasteiger partial charge is 0.264 e. The molecule has 3 N–H and O–H groups in total. The maximum absolute atomic E-state index is 10.6. The molecule has 0 bridgehead atoms. The highest BCUT2D eigenvalue weighted by Crippen LogP contribution is 2.41. The molecule has 32 heavy (non-hydrogen) atoms. The molecule has 0 aliphatic carbocycles. The highest BCUT2D eigenvalue weighted by molar-refractivity contribution is 7.85. The SMILES string of the molecule is CCOC(C)(C)C(C)(C)C(C)COC(C)(C)CC(C)NCC(O)COCCCS(=O)(=O)O. The summed E-state index contributed by atoms with van der Waals surface area (Å²) in [5.74, 6) is -0.0433. The second-order valence-corrected chi connectivity index (χ2v) is 12.1. The zero-order valence-corrected chi connectivity index (χ0v) is 22.5. The van der Waals surface area contributed by atoms with Crippen LogP contribution < -0.4 is 5.32 Å². The van der Waals surface area contributed by atoms with Gasteiger partial charge in [-0.05, 0) is 65.7 Å². The quantitative estimate of drug-likeness (QED) is 0.201. The van der Waals surface area contributed by atoms with E-state index in [4.69, 9.17) is 18.8 Å². The molecule has 3 unspecified atom stereocenters. The lowest BCUT2D eigenvalue weighted by Crippen LogP contribution is -2.48. The van der Waals surface area contributed by atoms with Crippen molar-refractivity contribution in [3.63, 3.8) is 0 Å². The van der Waals surface area contributed by atoms with Gasteiger partial charge >= 0.3 is 0 Å². The summed E-state index contributed by atoms with van der Waals surface area (Å²) in [6.07, 6.45) is 0.267. The van der Waals surface area contributed by atoms with Crippen LogP contribution in [0.15, 0.2) is 0 Å². The zero-order chi connectivity index (χ0) is 25.2. The van der Waals surface area contributed by atoms with Crippen molar-refractivity contribution >= 4 is 10.1 Å². The zero-order valence-electron chi connectivity index (χ0n) is 21.7. The molecule has 0 spiro atoms. The van der Waals surface area contributed by atoms with Gasteiger partial charge in [0.2, 0.25) is 0 Å². The Morgan fingerprint density at radius 2 is 1.59 bits per heavy atom. The first-order valence-corrected chi connectivity index (χ1v) is 13.3. The molecule has 0 saturated heterocycles. The van der Waals surface area contributed by atoms with E-state index < -0.39 is 16.2 Å². The summed E-state index contributed by atoms with van der Waals surface area (Å²) in [6, 6.07) is 0.127. The third-order valence-corrected chi connectivity index (χ3v) is 7.32. The Morgan fingerprint density at radius 1 is 1.00 bits per heavy atom. The minimum Gasteiger partial charge on any atom is -0.389 e. The number of nitrogens with one attached hydrogen (secondary N) is 1. The Labute approximate surface area is 196 Å². The van der Waals surface area contributed by atoms with E-state index in [1.165, 1.54) is 0 Å². The number of aliphatic hydroxyl groups is 1. The molecular weight excluding hydrogens is 434 g/mol. The molecule has 9 heteroatoms. The van der Waals surface area contributed by atoms with Crippen molar-refractivity contribution in [2.45, 2.75) is 98.5 Å². The molecule has 0 heterocycles. The van der Waals surface area contributed by atoms with Gasteiger partial charge in [-0.25, -0.2) is 0 Å². The molecule has 0 fully saturated rings. The van der Waals surface area contributed by atoms with Crippen LogP contribution >= 0.6 is 0 Å². The summed E-state index contributed by atoms with van der Waals surface area (Å²) in [5, 5.41) is 13.3. The second kappa shape index (κ2) is 13.6. The van der Waals surface area contributed by atoms with Crippen LogP contribution in [0.2, 0.25) is 0 Å². The van der Waals surface area contributed by atoms with Crippen molar-refractivity contribution in [3.8, 4) is 0 Å². The number of hydrogen-bond donors (Lipinski definition) is 3. The van der Waals surface area contributed by atoms with Gasteiger partial charge in [0.1, 0.15) is 0 Å². The summed E-state index contributed by atoms with van der Waals surface area (Å²) in [7, 11) is -3.97. The van der Waals surface area contributed by atoms with E-state index in [1.54, 1.807) is 0 Å². The monoisotopic (exact) mass is 483 g/mol. The Kier molecular flexibility index (Phi) is 13.4. The molecule has 0 amide bonds. The standard InChI is InChI=1S/C23H49NO7S/c1-10-30-23(8,9)22(6,7)18(2)16-31-21(4,5)14-19(3)24-15-20(25)17-29-12-11-13-32(26,27)28/h18-20,24-25H,10-17H2,1-9H3,(H,26,27,28). The molecule has 0 radical (unpaired) electrons. The van der Waals surface area contributed by atoms with Gasteiger partial charge in [0.05, 0.1) is 36.3 Å². The van der Waals surface area contributed by atoms with Crippen LogP contribution in [0.4, 0.5) is 0 Å². The van der Waals surface area contributed by atoms with E-state index in [2.05, 4.69) is 60.7 Å². The molecule has 0 aromatic rings. The molecule has 0 aliphatic rings. The molecular formula is C23H49NO7S. The molecule has 8 nitrogen and oxygen atoms in total. The fourth-order valence-electron chi connectivity index (χ4n) is 3.53. The van der Waals surface area contributed by atoms with Crippen molar-refractivity contribution in [3.05, 3.63) is 0 Å². The lowest BCUT2D eigenvalue weighted by Gasteiger charge is -2.46. The van der Waals surface area contributed by atoms with E-state index in [1.807, 2.05) is 6.92 Å². The van der Waals surface area contributed by atoms with Crippen molar-refractivity contribution in [2.75, 3.05) is 38.7 Å². The van der Waals surface area contributed by atoms with Crippen LogP contribution in [0.3, 0.4) is 0 Å². The van der Waals surface area contributed by atoms with E-state index in [0.717, 1.165) is 6.42 Å². The van der Waals surface area contributed by atoms with Gasteiger partial charge < -0.3 is 24.6 Å². The van der Waals surface area contributed by atoms with Gasteiger partial charge in [0.25, 0.3) is 10.1 Å². The highest BCUT2D eigenvalue weighted by Gasteiger charge is 2.42. The van der Waals surface area contributed by atoms with Gasteiger partial charge in [-0.1, -0.05) is 20.8 Å². The lowest BCUT2D eigenvalue weighted by atomic mass is 9.68. The molecule has 3 atom stereocenters. The molecule has 194 valence electrons. The average Bonchev–Trinajstić information content (AvgIpc) is 2.62. The second-order valence-electron chi connectivity index (χ2n) is 10.5. The summed E-state index contributed by atoms with van der Waals surface area (Å²) >= 11 is 0. The molecule has 0 aromatic carbocycles. The predicted molar refractivity (Wildman–Crippen MR) is 129 cm³/mol. The van der Waals surface area contributed by atoms with Crippen LogP contribution in [0.25, 0.3) is 0 Å². The first-order valence-electron chi connectivity index (χ1n) is 11.7. The third kappa shape index (κ3) is 12.8. The Bertz CT molecular complexity index is 620. The summed E-state index contributed by atoms with van der Waals surface area (Å²) in [6.45, 7) is 21.1. The van der Waals surface area contributed by atoms with E-state index in [0.29, 0.717) is 25.7 Å². The topological polar surface area (TPSA) is 114 Å². The van der Waals surface area contributed by atoms with E-state index in [-0.39, 0.29) is 48.0 Å². The molecule has 0 aliphatic heterocycles. The molecule has 0 rings (SSSR count). The fraction of sp³-hybridized carbons (Fsp3) is 1.00. The molecule has 0 saturated carbocycles. The van der Waals surface area contributed by atoms with Crippen LogP contribution in [-0.2, 0) is 24.3 Å². The molecule has 0 aromatic heterocycles. The third-order valence-electron chi connectivity index (χ3n) is 6.51. The lowest BCUT2D eigenvalue weighted by molar-refractivity contribution is -0.139. The number of hydrogen-bond acceptors (Lipinski definition) is 7. The fourth-order valence-corrected chi connectivity index (χ4v) is 4.01. The minimum absolute atomic E-state index is 0.0611. The van der Waals surface area contributed by atoms with Crippen molar-refractivity contribution in [1.29, 1.82) is 0 Å². The maximum atomic E-state index is 10.6.